The van der Waals surface area contributed by atoms with E-state index in [1.807, 2.05) is 6.92 Å². The van der Waals surface area contributed by atoms with Crippen molar-refractivity contribution in [1.82, 2.24) is 9.62 Å². The molecule has 0 aromatic carbocycles. The standard InChI is InChI=1S/C14H28N2O2S/c1-6-15-11-12(2)19(17,18)16-9-7-13(8-10-16)14(3,4)5/h7,12,15H,6,8-11H2,1-5H3. The zero-order valence-corrected chi connectivity index (χ0v) is 13.7. The maximum absolute atomic E-state index is 12.4. The average Bonchev–Trinajstić information content (AvgIpc) is 2.35. The molecule has 0 aromatic rings. The van der Waals surface area contributed by atoms with E-state index in [0.29, 0.717) is 19.6 Å². The maximum Gasteiger partial charge on any atom is 0.218 e. The SMILES string of the molecule is CCNCC(C)S(=O)(=O)N1CC=C(C(C)(C)C)CC1. The fourth-order valence-electron chi connectivity index (χ4n) is 2.27. The molecule has 1 unspecified atom stereocenters. The maximum atomic E-state index is 12.4. The third-order valence-corrected chi connectivity index (χ3v) is 5.92. The molecule has 1 heterocycles. The minimum absolute atomic E-state index is 0.144. The molecule has 1 rings (SSSR count). The van der Waals surface area contributed by atoms with Gasteiger partial charge in [0.15, 0.2) is 0 Å². The molecular weight excluding hydrogens is 260 g/mol. The lowest BCUT2D eigenvalue weighted by Crippen LogP contribution is -2.44. The smallest absolute Gasteiger partial charge is 0.218 e. The Morgan fingerprint density at radius 1 is 1.42 bits per heavy atom. The second-order valence-corrected chi connectivity index (χ2v) is 8.60. The summed E-state index contributed by atoms with van der Waals surface area (Å²) in [5.74, 6) is 0. The van der Waals surface area contributed by atoms with Crippen molar-refractivity contribution in [1.29, 1.82) is 0 Å². The van der Waals surface area contributed by atoms with Crippen LogP contribution in [0.4, 0.5) is 0 Å². The first kappa shape index (κ1) is 16.7. The van der Waals surface area contributed by atoms with E-state index in [-0.39, 0.29) is 10.7 Å². The van der Waals surface area contributed by atoms with Crippen molar-refractivity contribution in [3.05, 3.63) is 11.6 Å². The lowest BCUT2D eigenvalue weighted by molar-refractivity contribution is 0.385. The van der Waals surface area contributed by atoms with Gasteiger partial charge in [-0.05, 0) is 25.3 Å². The molecule has 1 N–H and O–H groups in total. The van der Waals surface area contributed by atoms with Gasteiger partial charge in [-0.15, -0.1) is 0 Å². The van der Waals surface area contributed by atoms with Crippen molar-refractivity contribution in [2.45, 2.75) is 46.3 Å². The van der Waals surface area contributed by atoms with Gasteiger partial charge in [-0.25, -0.2) is 8.42 Å². The fourth-order valence-corrected chi connectivity index (χ4v) is 3.74. The number of nitrogens with zero attached hydrogens (tertiary/aromatic N) is 1. The van der Waals surface area contributed by atoms with Crippen LogP contribution in [0.5, 0.6) is 0 Å². The molecule has 1 aliphatic rings. The zero-order chi connectivity index (χ0) is 14.7. The molecule has 0 saturated heterocycles. The molecule has 0 radical (unpaired) electrons. The number of hydrogen-bond donors (Lipinski definition) is 1. The summed E-state index contributed by atoms with van der Waals surface area (Å²) < 4.78 is 26.4. The van der Waals surface area contributed by atoms with Gasteiger partial charge in [0.25, 0.3) is 0 Å². The molecule has 0 amide bonds. The van der Waals surface area contributed by atoms with Crippen LogP contribution >= 0.6 is 0 Å². The predicted molar refractivity (Wildman–Crippen MR) is 80.7 cm³/mol. The van der Waals surface area contributed by atoms with Crippen LogP contribution in [0.3, 0.4) is 0 Å². The highest BCUT2D eigenvalue weighted by Gasteiger charge is 2.31. The van der Waals surface area contributed by atoms with Crippen molar-refractivity contribution in [2.24, 2.45) is 5.41 Å². The molecule has 19 heavy (non-hydrogen) atoms. The van der Waals surface area contributed by atoms with E-state index < -0.39 is 10.0 Å². The Hall–Kier alpha value is -0.390. The van der Waals surface area contributed by atoms with E-state index in [2.05, 4.69) is 32.2 Å². The van der Waals surface area contributed by atoms with Crippen molar-refractivity contribution >= 4 is 10.0 Å². The number of sulfonamides is 1. The molecule has 0 bridgehead atoms. The van der Waals surface area contributed by atoms with Crippen molar-refractivity contribution in [2.75, 3.05) is 26.2 Å². The number of rotatable bonds is 5. The molecule has 4 nitrogen and oxygen atoms in total. The largest absolute Gasteiger partial charge is 0.316 e. The third-order valence-electron chi connectivity index (χ3n) is 3.69. The highest BCUT2D eigenvalue weighted by Crippen LogP contribution is 2.31. The van der Waals surface area contributed by atoms with Crippen LogP contribution in [0.25, 0.3) is 0 Å². The van der Waals surface area contributed by atoms with Gasteiger partial charge in [-0.1, -0.05) is 39.3 Å². The van der Waals surface area contributed by atoms with Crippen LogP contribution in [0.15, 0.2) is 11.6 Å². The zero-order valence-electron chi connectivity index (χ0n) is 12.9. The third kappa shape index (κ3) is 4.29. The predicted octanol–water partition coefficient (Wildman–Crippen LogP) is 1.99. The summed E-state index contributed by atoms with van der Waals surface area (Å²) in [4.78, 5) is 0. The highest BCUT2D eigenvalue weighted by atomic mass is 32.2. The lowest BCUT2D eigenvalue weighted by Gasteiger charge is -2.33. The van der Waals surface area contributed by atoms with Gasteiger partial charge in [0.2, 0.25) is 10.0 Å². The van der Waals surface area contributed by atoms with Gasteiger partial charge in [0.1, 0.15) is 0 Å². The van der Waals surface area contributed by atoms with E-state index in [9.17, 15) is 8.42 Å². The summed E-state index contributed by atoms with van der Waals surface area (Å²) in [6, 6.07) is 0. The van der Waals surface area contributed by atoms with Crippen LogP contribution in [0, 0.1) is 5.41 Å². The fraction of sp³-hybridized carbons (Fsp3) is 0.857. The highest BCUT2D eigenvalue weighted by molar-refractivity contribution is 7.89. The van der Waals surface area contributed by atoms with Crippen LogP contribution < -0.4 is 5.32 Å². The van der Waals surface area contributed by atoms with Gasteiger partial charge in [0, 0.05) is 19.6 Å². The van der Waals surface area contributed by atoms with Crippen molar-refractivity contribution in [3.63, 3.8) is 0 Å². The molecule has 0 aromatic heterocycles. The first-order valence-electron chi connectivity index (χ1n) is 7.08. The van der Waals surface area contributed by atoms with Gasteiger partial charge in [-0.2, -0.15) is 4.31 Å². The summed E-state index contributed by atoms with van der Waals surface area (Å²) in [6.45, 7) is 12.7. The minimum atomic E-state index is -3.18. The summed E-state index contributed by atoms with van der Waals surface area (Å²) >= 11 is 0. The second kappa shape index (κ2) is 6.37. The van der Waals surface area contributed by atoms with E-state index in [4.69, 9.17) is 0 Å². The molecule has 0 fully saturated rings. The summed E-state index contributed by atoms with van der Waals surface area (Å²) in [5, 5.41) is 2.74. The molecule has 1 aliphatic heterocycles. The van der Waals surface area contributed by atoms with E-state index in [1.54, 1.807) is 11.2 Å². The molecule has 0 saturated carbocycles. The van der Waals surface area contributed by atoms with Crippen LogP contribution in [0.2, 0.25) is 0 Å². The second-order valence-electron chi connectivity index (χ2n) is 6.25. The molecule has 5 heteroatoms. The summed E-state index contributed by atoms with van der Waals surface area (Å²) in [6.07, 6.45) is 2.93. The summed E-state index contributed by atoms with van der Waals surface area (Å²) in [7, 11) is -3.18. The molecule has 112 valence electrons. The van der Waals surface area contributed by atoms with Crippen LogP contribution in [-0.4, -0.2) is 44.2 Å². The van der Waals surface area contributed by atoms with Crippen molar-refractivity contribution in [3.8, 4) is 0 Å². The molecule has 0 aliphatic carbocycles. The average molecular weight is 288 g/mol. The Morgan fingerprint density at radius 3 is 2.47 bits per heavy atom. The normalized spacial score (nSPS) is 20.2. The van der Waals surface area contributed by atoms with E-state index in [0.717, 1.165) is 13.0 Å². The Morgan fingerprint density at radius 2 is 2.05 bits per heavy atom. The number of hydrogen-bond acceptors (Lipinski definition) is 3. The van der Waals surface area contributed by atoms with Gasteiger partial charge >= 0.3 is 0 Å². The van der Waals surface area contributed by atoms with Gasteiger partial charge in [0.05, 0.1) is 5.25 Å². The minimum Gasteiger partial charge on any atom is -0.316 e. The molecular formula is C14H28N2O2S. The molecule has 0 spiro atoms. The Labute approximate surface area is 118 Å². The summed E-state index contributed by atoms with van der Waals surface area (Å²) in [5.41, 5.74) is 1.50. The molecule has 1 atom stereocenters. The lowest BCUT2D eigenvalue weighted by atomic mass is 9.83. The van der Waals surface area contributed by atoms with Crippen LogP contribution in [-0.2, 0) is 10.0 Å². The van der Waals surface area contributed by atoms with Crippen molar-refractivity contribution < 1.29 is 8.42 Å². The van der Waals surface area contributed by atoms with Crippen LogP contribution in [0.1, 0.15) is 41.0 Å². The Bertz CT molecular complexity index is 421. The topological polar surface area (TPSA) is 49.4 Å². The first-order chi connectivity index (χ1) is 8.69. The Balaban J connectivity index is 2.71. The monoisotopic (exact) mass is 288 g/mol. The Kier molecular flexibility index (Phi) is 5.59. The number of nitrogens with one attached hydrogen (secondary N) is 1. The quantitative estimate of drug-likeness (QED) is 0.787. The van der Waals surface area contributed by atoms with E-state index >= 15 is 0 Å². The first-order valence-corrected chi connectivity index (χ1v) is 8.59. The van der Waals surface area contributed by atoms with E-state index in [1.165, 1.54) is 5.57 Å². The van der Waals surface area contributed by atoms with Gasteiger partial charge < -0.3 is 5.32 Å². The van der Waals surface area contributed by atoms with Gasteiger partial charge in [-0.3, -0.25) is 0 Å².